The van der Waals surface area contributed by atoms with Crippen molar-refractivity contribution in [3.05, 3.63) is 58.0 Å². The highest BCUT2D eigenvalue weighted by atomic mass is 35.5. The average molecular weight is 391 g/mol. The number of nitrogens with zero attached hydrogens (tertiary/aromatic N) is 1. The van der Waals surface area contributed by atoms with Gasteiger partial charge in [0.2, 0.25) is 0 Å². The molecular formula is C18H15ClN2O4S. The number of benzene rings is 2. The van der Waals surface area contributed by atoms with Crippen LogP contribution < -0.4 is 10.1 Å². The van der Waals surface area contributed by atoms with Gasteiger partial charge in [0.05, 0.1) is 29.4 Å². The lowest BCUT2D eigenvalue weighted by atomic mass is 10.2. The number of anilines is 1. The largest absolute Gasteiger partial charge is 0.504 e. The minimum atomic E-state index is -0.397. The van der Waals surface area contributed by atoms with Crippen molar-refractivity contribution in [2.45, 2.75) is 0 Å². The molecule has 2 aromatic rings. The molecule has 0 radical (unpaired) electrons. The number of methoxy groups -OCH3 is 1. The third-order valence-electron chi connectivity index (χ3n) is 3.68. The summed E-state index contributed by atoms with van der Waals surface area (Å²) in [4.78, 5) is 26.1. The maximum Gasteiger partial charge on any atom is 0.295 e. The Bertz CT molecular complexity index is 901. The van der Waals surface area contributed by atoms with E-state index in [-0.39, 0.29) is 17.7 Å². The highest BCUT2D eigenvalue weighted by Crippen LogP contribution is 2.34. The van der Waals surface area contributed by atoms with Crippen LogP contribution in [0.1, 0.15) is 5.56 Å². The maximum atomic E-state index is 12.5. The number of hydrogen-bond acceptors (Lipinski definition) is 6. The Hall–Kier alpha value is -2.64. The predicted molar refractivity (Wildman–Crippen MR) is 102 cm³/mol. The van der Waals surface area contributed by atoms with Gasteiger partial charge in [-0.1, -0.05) is 29.8 Å². The van der Waals surface area contributed by atoms with Crippen molar-refractivity contribution in [3.63, 3.8) is 0 Å². The number of halogens is 1. The Labute approximate surface area is 159 Å². The number of rotatable bonds is 5. The van der Waals surface area contributed by atoms with Gasteiger partial charge >= 0.3 is 0 Å². The molecule has 0 aromatic heterocycles. The van der Waals surface area contributed by atoms with Gasteiger partial charge in [0, 0.05) is 0 Å². The molecule has 1 aliphatic rings. The fraction of sp³-hybridized carbons (Fsp3) is 0.111. The van der Waals surface area contributed by atoms with Crippen molar-refractivity contribution >= 4 is 46.3 Å². The number of nitrogens with one attached hydrogen (secondary N) is 1. The number of ether oxygens (including phenoxy) is 1. The van der Waals surface area contributed by atoms with E-state index in [1.54, 1.807) is 42.5 Å². The zero-order valence-corrected chi connectivity index (χ0v) is 15.3. The van der Waals surface area contributed by atoms with Crippen molar-refractivity contribution in [3.8, 4) is 11.5 Å². The number of para-hydroxylation sites is 1. The maximum absolute atomic E-state index is 12.5. The van der Waals surface area contributed by atoms with Crippen LogP contribution in [0.2, 0.25) is 5.02 Å². The average Bonchev–Trinajstić information content (AvgIpc) is 2.89. The van der Waals surface area contributed by atoms with Crippen LogP contribution in [0.4, 0.5) is 10.5 Å². The molecule has 1 fully saturated rings. The third kappa shape index (κ3) is 3.79. The van der Waals surface area contributed by atoms with E-state index in [2.05, 4.69) is 5.32 Å². The summed E-state index contributed by atoms with van der Waals surface area (Å²) in [6.07, 6.45) is 1.59. The highest BCUT2D eigenvalue weighted by Gasteiger charge is 2.34. The molecule has 1 saturated heterocycles. The van der Waals surface area contributed by atoms with E-state index in [0.29, 0.717) is 26.9 Å². The molecule has 0 atom stereocenters. The molecule has 0 bridgehead atoms. The quantitative estimate of drug-likeness (QED) is 0.746. The van der Waals surface area contributed by atoms with Gasteiger partial charge in [0.15, 0.2) is 11.5 Å². The van der Waals surface area contributed by atoms with Crippen LogP contribution >= 0.6 is 23.4 Å². The topological polar surface area (TPSA) is 78.9 Å². The second-order valence-electron chi connectivity index (χ2n) is 5.36. The number of thioether (sulfide) groups is 1. The van der Waals surface area contributed by atoms with Gasteiger partial charge in [-0.3, -0.25) is 14.5 Å². The van der Waals surface area contributed by atoms with Gasteiger partial charge in [0.25, 0.3) is 11.1 Å². The second kappa shape index (κ2) is 7.72. The Morgan fingerprint density at radius 3 is 2.77 bits per heavy atom. The van der Waals surface area contributed by atoms with Crippen molar-refractivity contribution in [1.82, 2.24) is 4.90 Å². The van der Waals surface area contributed by atoms with Crippen LogP contribution in [-0.4, -0.2) is 34.9 Å². The minimum Gasteiger partial charge on any atom is -0.504 e. The number of hydrogen-bond donors (Lipinski definition) is 2. The molecule has 1 heterocycles. The smallest absolute Gasteiger partial charge is 0.295 e. The van der Waals surface area contributed by atoms with Crippen molar-refractivity contribution in [1.29, 1.82) is 0 Å². The number of carbonyl (C=O) groups is 2. The van der Waals surface area contributed by atoms with Crippen molar-refractivity contribution in [2.75, 3.05) is 19.1 Å². The van der Waals surface area contributed by atoms with Crippen molar-refractivity contribution in [2.24, 2.45) is 0 Å². The third-order valence-corrected chi connectivity index (χ3v) is 4.91. The van der Waals surface area contributed by atoms with Gasteiger partial charge in [-0.2, -0.15) is 0 Å². The number of phenols is 1. The summed E-state index contributed by atoms with van der Waals surface area (Å²) < 4.78 is 5.05. The summed E-state index contributed by atoms with van der Waals surface area (Å²) in [7, 11) is 1.44. The van der Waals surface area contributed by atoms with Gasteiger partial charge < -0.3 is 15.2 Å². The molecule has 6 nitrogen and oxygen atoms in total. The SMILES string of the molecule is COc1cc(C=C2SC(=O)N(CNc3ccccc3Cl)C2=O)ccc1O. The lowest BCUT2D eigenvalue weighted by Gasteiger charge is -2.15. The zero-order valence-electron chi connectivity index (χ0n) is 13.7. The van der Waals surface area contributed by atoms with E-state index in [1.807, 2.05) is 0 Å². The molecule has 2 amide bonds. The van der Waals surface area contributed by atoms with Gasteiger partial charge in [-0.25, -0.2) is 0 Å². The first-order chi connectivity index (χ1) is 12.5. The van der Waals surface area contributed by atoms with Crippen LogP contribution in [0.15, 0.2) is 47.4 Å². The van der Waals surface area contributed by atoms with Gasteiger partial charge in [-0.05, 0) is 47.7 Å². The zero-order chi connectivity index (χ0) is 18.7. The molecule has 2 aromatic carbocycles. The molecule has 0 saturated carbocycles. The lowest BCUT2D eigenvalue weighted by molar-refractivity contribution is -0.122. The van der Waals surface area contributed by atoms with E-state index in [9.17, 15) is 14.7 Å². The van der Waals surface area contributed by atoms with Crippen LogP contribution in [-0.2, 0) is 4.79 Å². The predicted octanol–water partition coefficient (Wildman–Crippen LogP) is 4.16. The van der Waals surface area contributed by atoms with Crippen LogP contribution in [0.25, 0.3) is 6.08 Å². The number of aromatic hydroxyl groups is 1. The Morgan fingerprint density at radius 2 is 2.04 bits per heavy atom. The van der Waals surface area contributed by atoms with Crippen LogP contribution in [0.5, 0.6) is 11.5 Å². The number of phenolic OH excluding ortho intramolecular Hbond substituents is 1. The summed E-state index contributed by atoms with van der Waals surface area (Å²) in [6, 6.07) is 11.8. The highest BCUT2D eigenvalue weighted by molar-refractivity contribution is 8.18. The summed E-state index contributed by atoms with van der Waals surface area (Å²) in [6.45, 7) is 0.0185. The molecule has 0 unspecified atom stereocenters. The summed E-state index contributed by atoms with van der Waals surface area (Å²) in [5.74, 6) is -0.105. The van der Waals surface area contributed by atoms with E-state index in [4.69, 9.17) is 16.3 Å². The molecule has 0 spiro atoms. The van der Waals surface area contributed by atoms with Crippen LogP contribution in [0.3, 0.4) is 0 Å². The standard InChI is InChI=1S/C18H15ClN2O4S/c1-25-15-8-11(6-7-14(15)22)9-16-17(23)21(18(24)26-16)10-20-13-5-3-2-4-12(13)19/h2-9,20,22H,10H2,1H3. The molecule has 1 aliphatic heterocycles. The fourth-order valence-corrected chi connectivity index (χ4v) is 3.38. The molecule has 0 aliphatic carbocycles. The molecule has 2 N–H and O–H groups in total. The van der Waals surface area contributed by atoms with E-state index in [1.165, 1.54) is 13.2 Å². The normalized spacial score (nSPS) is 15.6. The summed E-state index contributed by atoms with van der Waals surface area (Å²) in [5.41, 5.74) is 1.28. The van der Waals surface area contributed by atoms with E-state index < -0.39 is 5.91 Å². The summed E-state index contributed by atoms with van der Waals surface area (Å²) in [5, 5.41) is 12.8. The molecule has 3 rings (SSSR count). The first-order valence-electron chi connectivity index (χ1n) is 7.60. The van der Waals surface area contributed by atoms with Gasteiger partial charge in [-0.15, -0.1) is 0 Å². The van der Waals surface area contributed by atoms with Gasteiger partial charge in [0.1, 0.15) is 0 Å². The molecular weight excluding hydrogens is 376 g/mol. The molecule has 8 heteroatoms. The Balaban J connectivity index is 1.75. The number of carbonyl (C=O) groups excluding carboxylic acids is 2. The number of amides is 2. The van der Waals surface area contributed by atoms with Crippen molar-refractivity contribution < 1.29 is 19.4 Å². The van der Waals surface area contributed by atoms with E-state index >= 15 is 0 Å². The Kier molecular flexibility index (Phi) is 5.39. The number of imide groups is 1. The fourth-order valence-electron chi connectivity index (χ4n) is 2.34. The lowest BCUT2D eigenvalue weighted by Crippen LogP contribution is -2.33. The second-order valence-corrected chi connectivity index (χ2v) is 6.76. The first kappa shape index (κ1) is 18.2. The van der Waals surface area contributed by atoms with E-state index in [0.717, 1.165) is 16.7 Å². The minimum absolute atomic E-state index is 0.00157. The van der Waals surface area contributed by atoms with Crippen LogP contribution in [0, 0.1) is 0 Å². The molecule has 26 heavy (non-hydrogen) atoms. The Morgan fingerprint density at radius 1 is 1.27 bits per heavy atom. The molecule has 134 valence electrons. The summed E-state index contributed by atoms with van der Waals surface area (Å²) >= 11 is 6.92. The monoisotopic (exact) mass is 390 g/mol. The first-order valence-corrected chi connectivity index (χ1v) is 8.80.